The van der Waals surface area contributed by atoms with Crippen LogP contribution >= 0.6 is 0 Å². The molecule has 224 valence electrons. The third-order valence-corrected chi connectivity index (χ3v) is 5.72. The first-order chi connectivity index (χ1) is 19.7. The summed E-state index contributed by atoms with van der Waals surface area (Å²) in [6.07, 6.45) is 0.889. The summed E-state index contributed by atoms with van der Waals surface area (Å²) in [7, 11) is 1.60. The van der Waals surface area contributed by atoms with Crippen LogP contribution in [0.15, 0.2) is 47.9 Å². The number of aliphatic hydroxyl groups excluding tert-OH is 3. The molecule has 1 aromatic heterocycles. The maximum atomic E-state index is 9.94. The highest BCUT2D eigenvalue weighted by atomic mass is 16.5. The zero-order chi connectivity index (χ0) is 30.9. The van der Waals surface area contributed by atoms with Gasteiger partial charge in [0.05, 0.1) is 30.9 Å². The molecule has 10 nitrogen and oxygen atoms in total. The molecule has 0 amide bonds. The Bertz CT molecular complexity index is 1290. The lowest BCUT2D eigenvalue weighted by Gasteiger charge is -2.25. The highest BCUT2D eigenvalue weighted by Gasteiger charge is 2.36. The summed E-state index contributed by atoms with van der Waals surface area (Å²) in [5.74, 6) is 1.20. The predicted octanol–water partition coefficient (Wildman–Crippen LogP) is 4.70. The summed E-state index contributed by atoms with van der Waals surface area (Å²) in [6.45, 7) is 12.6. The lowest BCUT2D eigenvalue weighted by atomic mass is 9.82. The fourth-order valence-electron chi connectivity index (χ4n) is 3.89. The molecule has 0 bridgehead atoms. The SMILES string of the molecule is CCCOc1ccc(C2C(C#N)=C(N)Oc3n[nH]c(-c4ccc(C)c(C)c4)c32)cc1OC.CCO.CCO.CCO. The van der Waals surface area contributed by atoms with Crippen LogP contribution in [0.5, 0.6) is 17.4 Å². The van der Waals surface area contributed by atoms with Crippen LogP contribution in [0, 0.1) is 25.2 Å². The number of hydrogen-bond donors (Lipinski definition) is 5. The van der Waals surface area contributed by atoms with Crippen LogP contribution < -0.4 is 19.9 Å². The fraction of sp³-hybridized carbons (Fsp3) is 0.419. The van der Waals surface area contributed by atoms with Gasteiger partial charge in [0.2, 0.25) is 11.8 Å². The number of fused-ring (bicyclic) bond motifs is 1. The van der Waals surface area contributed by atoms with Crippen molar-refractivity contribution in [2.24, 2.45) is 5.73 Å². The number of rotatable bonds is 6. The van der Waals surface area contributed by atoms with Gasteiger partial charge in [-0.2, -0.15) is 5.26 Å². The normalized spacial score (nSPS) is 13.0. The highest BCUT2D eigenvalue weighted by molar-refractivity contribution is 5.72. The molecule has 41 heavy (non-hydrogen) atoms. The van der Waals surface area contributed by atoms with E-state index in [0.29, 0.717) is 29.6 Å². The Morgan fingerprint density at radius 1 is 0.976 bits per heavy atom. The zero-order valence-electron chi connectivity index (χ0n) is 25.1. The molecular weight excluding hydrogens is 524 g/mol. The molecule has 2 aromatic carbocycles. The molecule has 1 aliphatic rings. The van der Waals surface area contributed by atoms with Crippen LogP contribution in [0.2, 0.25) is 0 Å². The Balaban J connectivity index is 0.000000830. The number of aliphatic hydroxyl groups is 3. The quantitative estimate of drug-likeness (QED) is 0.283. The van der Waals surface area contributed by atoms with Crippen LogP contribution in [-0.4, -0.2) is 59.1 Å². The molecule has 0 saturated carbocycles. The standard InChI is InChI=1S/C25H26N4O3.3C2H6O/c1-5-10-31-19-9-8-16(12-20(19)30-4)21-18(13-26)24(27)32-25-22(21)23(28-29-25)17-7-6-14(2)15(3)11-17;3*1-2-3/h6-9,11-12,21H,5,10,27H2,1-4H3,(H,28,29);3*3H,2H2,1H3. The van der Waals surface area contributed by atoms with E-state index in [9.17, 15) is 5.26 Å². The minimum atomic E-state index is -0.465. The van der Waals surface area contributed by atoms with Crippen LogP contribution in [0.4, 0.5) is 0 Å². The first-order valence-electron chi connectivity index (χ1n) is 13.6. The van der Waals surface area contributed by atoms with Crippen molar-refractivity contribution in [1.29, 1.82) is 5.26 Å². The van der Waals surface area contributed by atoms with Crippen molar-refractivity contribution in [3.63, 3.8) is 0 Å². The number of H-pyrrole nitrogens is 1. The van der Waals surface area contributed by atoms with E-state index in [1.807, 2.05) is 31.2 Å². The van der Waals surface area contributed by atoms with Crippen molar-refractivity contribution in [3.8, 4) is 34.7 Å². The van der Waals surface area contributed by atoms with E-state index in [0.717, 1.165) is 34.4 Å². The number of nitrogens with two attached hydrogens (primary N) is 1. The van der Waals surface area contributed by atoms with Gasteiger partial charge in [0.15, 0.2) is 11.5 Å². The molecule has 2 heterocycles. The lowest BCUT2D eigenvalue weighted by Crippen LogP contribution is -2.21. The molecule has 0 spiro atoms. The van der Waals surface area contributed by atoms with E-state index < -0.39 is 5.92 Å². The van der Waals surface area contributed by atoms with Crippen molar-refractivity contribution in [2.75, 3.05) is 33.5 Å². The topological polar surface area (TPSA) is 167 Å². The number of nitriles is 1. The van der Waals surface area contributed by atoms with Gasteiger partial charge >= 0.3 is 0 Å². The van der Waals surface area contributed by atoms with Gasteiger partial charge in [-0.15, -0.1) is 5.10 Å². The van der Waals surface area contributed by atoms with E-state index in [4.69, 9.17) is 35.3 Å². The van der Waals surface area contributed by atoms with E-state index >= 15 is 0 Å². The summed E-state index contributed by atoms with van der Waals surface area (Å²) in [4.78, 5) is 0. The van der Waals surface area contributed by atoms with Crippen LogP contribution in [-0.2, 0) is 0 Å². The average molecular weight is 569 g/mol. The van der Waals surface area contributed by atoms with Crippen molar-refractivity contribution in [3.05, 3.63) is 70.1 Å². The largest absolute Gasteiger partial charge is 0.493 e. The van der Waals surface area contributed by atoms with Crippen LogP contribution in [0.3, 0.4) is 0 Å². The minimum Gasteiger partial charge on any atom is -0.493 e. The summed E-state index contributed by atoms with van der Waals surface area (Å²) in [6, 6.07) is 14.1. The van der Waals surface area contributed by atoms with Gasteiger partial charge in [-0.3, -0.25) is 5.10 Å². The first-order valence-corrected chi connectivity index (χ1v) is 13.6. The second kappa shape index (κ2) is 18.3. The molecular formula is C31H44N4O6. The number of aromatic amines is 1. The van der Waals surface area contributed by atoms with Gasteiger partial charge < -0.3 is 35.3 Å². The molecule has 3 aromatic rings. The van der Waals surface area contributed by atoms with Crippen molar-refractivity contribution < 1.29 is 29.5 Å². The number of benzene rings is 2. The molecule has 0 fully saturated rings. The fourth-order valence-corrected chi connectivity index (χ4v) is 3.89. The molecule has 1 unspecified atom stereocenters. The number of aryl methyl sites for hydroxylation is 2. The third-order valence-electron chi connectivity index (χ3n) is 5.72. The Morgan fingerprint density at radius 2 is 1.61 bits per heavy atom. The van der Waals surface area contributed by atoms with Crippen molar-refractivity contribution in [2.45, 2.75) is 53.9 Å². The zero-order valence-corrected chi connectivity index (χ0v) is 25.1. The number of aromatic nitrogens is 2. The van der Waals surface area contributed by atoms with Crippen LogP contribution in [0.25, 0.3) is 11.3 Å². The number of nitrogens with zero attached hydrogens (tertiary/aromatic N) is 2. The lowest BCUT2D eigenvalue weighted by molar-refractivity contribution is 0.294. The number of hydrogen-bond acceptors (Lipinski definition) is 9. The van der Waals surface area contributed by atoms with Gasteiger partial charge in [-0.25, -0.2) is 0 Å². The van der Waals surface area contributed by atoms with E-state index in [-0.39, 0.29) is 25.7 Å². The van der Waals surface area contributed by atoms with Gasteiger partial charge in [0, 0.05) is 25.4 Å². The first kappa shape index (κ1) is 35.0. The van der Waals surface area contributed by atoms with Gasteiger partial charge in [0.25, 0.3) is 0 Å². The summed E-state index contributed by atoms with van der Waals surface area (Å²) >= 11 is 0. The van der Waals surface area contributed by atoms with Crippen LogP contribution in [0.1, 0.15) is 62.3 Å². The van der Waals surface area contributed by atoms with E-state index in [1.54, 1.807) is 27.9 Å². The number of ether oxygens (including phenoxy) is 3. The summed E-state index contributed by atoms with van der Waals surface area (Å²) < 4.78 is 17.1. The molecule has 0 aliphatic carbocycles. The smallest absolute Gasteiger partial charge is 0.244 e. The highest BCUT2D eigenvalue weighted by Crippen LogP contribution is 2.47. The second-order valence-corrected chi connectivity index (χ2v) is 8.75. The monoisotopic (exact) mass is 568 g/mol. The Kier molecular flexibility index (Phi) is 15.6. The van der Waals surface area contributed by atoms with E-state index in [1.165, 1.54) is 5.56 Å². The van der Waals surface area contributed by atoms with Gasteiger partial charge in [-0.05, 0) is 75.9 Å². The second-order valence-electron chi connectivity index (χ2n) is 8.75. The Labute approximate surface area is 243 Å². The predicted molar refractivity (Wildman–Crippen MR) is 160 cm³/mol. The number of nitrogens with one attached hydrogen (secondary N) is 1. The molecule has 10 heteroatoms. The molecule has 1 aliphatic heterocycles. The van der Waals surface area contributed by atoms with Crippen molar-refractivity contribution in [1.82, 2.24) is 10.2 Å². The maximum Gasteiger partial charge on any atom is 0.244 e. The molecule has 0 radical (unpaired) electrons. The molecule has 6 N–H and O–H groups in total. The van der Waals surface area contributed by atoms with E-state index in [2.05, 4.69) is 42.2 Å². The summed E-state index contributed by atoms with van der Waals surface area (Å²) in [5, 5.41) is 40.1. The minimum absolute atomic E-state index is 0.0495. The average Bonchev–Trinajstić information content (AvgIpc) is 3.37. The van der Waals surface area contributed by atoms with Gasteiger partial charge in [0.1, 0.15) is 11.6 Å². The molecule has 4 rings (SSSR count). The maximum absolute atomic E-state index is 9.94. The Hall–Kier alpha value is -4.04. The number of methoxy groups -OCH3 is 1. The third kappa shape index (κ3) is 9.25. The van der Waals surface area contributed by atoms with Crippen molar-refractivity contribution >= 4 is 0 Å². The molecule has 0 saturated heterocycles. The number of allylic oxidation sites excluding steroid dienone is 1. The molecule has 1 atom stereocenters. The Morgan fingerprint density at radius 3 is 2.15 bits per heavy atom. The van der Waals surface area contributed by atoms with Gasteiger partial charge in [-0.1, -0.05) is 25.1 Å². The summed E-state index contributed by atoms with van der Waals surface area (Å²) in [5.41, 5.74) is 12.2.